The molecule has 0 amide bonds. The minimum absolute atomic E-state index is 0.477. The summed E-state index contributed by atoms with van der Waals surface area (Å²) in [6, 6.07) is 0. The molecule has 17 heavy (non-hydrogen) atoms. The van der Waals surface area contributed by atoms with Gasteiger partial charge in [-0.05, 0) is 13.1 Å². The SMILES string of the molecule is CCN(CC)Cc1nc(Cl)c2cnn(C)c2n1. The van der Waals surface area contributed by atoms with Crippen molar-refractivity contribution in [2.45, 2.75) is 20.4 Å². The van der Waals surface area contributed by atoms with Gasteiger partial charge >= 0.3 is 0 Å². The Kier molecular flexibility index (Phi) is 3.59. The number of aryl methyl sites for hydroxylation is 1. The smallest absolute Gasteiger partial charge is 0.162 e. The number of rotatable bonds is 4. The van der Waals surface area contributed by atoms with E-state index >= 15 is 0 Å². The summed E-state index contributed by atoms with van der Waals surface area (Å²) in [5.41, 5.74) is 0.784. The first-order chi connectivity index (χ1) is 8.15. The van der Waals surface area contributed by atoms with Crippen LogP contribution < -0.4 is 0 Å². The minimum Gasteiger partial charge on any atom is -0.296 e. The third-order valence-electron chi connectivity index (χ3n) is 2.85. The molecule has 0 aliphatic carbocycles. The summed E-state index contributed by atoms with van der Waals surface area (Å²) in [5, 5.41) is 5.41. The Morgan fingerprint density at radius 2 is 2.00 bits per heavy atom. The third-order valence-corrected chi connectivity index (χ3v) is 3.14. The van der Waals surface area contributed by atoms with Gasteiger partial charge in [-0.3, -0.25) is 9.58 Å². The average Bonchev–Trinajstić information content (AvgIpc) is 2.69. The monoisotopic (exact) mass is 253 g/mol. The molecule has 92 valence electrons. The Labute approximate surface area is 105 Å². The van der Waals surface area contributed by atoms with E-state index in [-0.39, 0.29) is 0 Å². The lowest BCUT2D eigenvalue weighted by Gasteiger charge is -2.16. The van der Waals surface area contributed by atoms with Crippen LogP contribution in [0.1, 0.15) is 19.7 Å². The summed E-state index contributed by atoms with van der Waals surface area (Å²) in [6.07, 6.45) is 1.69. The predicted octanol–water partition coefficient (Wildman–Crippen LogP) is 1.86. The summed E-state index contributed by atoms with van der Waals surface area (Å²) < 4.78 is 1.72. The van der Waals surface area contributed by atoms with E-state index in [0.717, 1.165) is 29.9 Å². The number of hydrogen-bond acceptors (Lipinski definition) is 4. The Morgan fingerprint density at radius 3 is 2.65 bits per heavy atom. The van der Waals surface area contributed by atoms with Crippen LogP contribution in [0.3, 0.4) is 0 Å². The van der Waals surface area contributed by atoms with Crippen molar-refractivity contribution in [3.63, 3.8) is 0 Å². The van der Waals surface area contributed by atoms with Gasteiger partial charge in [0.05, 0.1) is 18.1 Å². The van der Waals surface area contributed by atoms with Gasteiger partial charge in [-0.25, -0.2) is 9.97 Å². The molecule has 0 radical (unpaired) electrons. The molecule has 2 aromatic rings. The zero-order chi connectivity index (χ0) is 12.4. The first kappa shape index (κ1) is 12.3. The first-order valence-corrected chi connectivity index (χ1v) is 6.10. The second-order valence-electron chi connectivity index (χ2n) is 3.90. The third kappa shape index (κ3) is 2.40. The van der Waals surface area contributed by atoms with Gasteiger partial charge in [0, 0.05) is 7.05 Å². The summed E-state index contributed by atoms with van der Waals surface area (Å²) in [4.78, 5) is 11.0. The molecule has 0 saturated heterocycles. The minimum atomic E-state index is 0.477. The van der Waals surface area contributed by atoms with E-state index in [1.54, 1.807) is 10.9 Å². The molecule has 2 heterocycles. The van der Waals surface area contributed by atoms with Gasteiger partial charge in [0.15, 0.2) is 5.65 Å². The quantitative estimate of drug-likeness (QED) is 0.781. The topological polar surface area (TPSA) is 46.8 Å². The second-order valence-corrected chi connectivity index (χ2v) is 4.26. The summed E-state index contributed by atoms with van der Waals surface area (Å²) in [6.45, 7) is 6.90. The molecule has 2 rings (SSSR count). The standard InChI is InChI=1S/C11H16ClN5/c1-4-17(5-2)7-9-14-10(12)8-6-13-16(3)11(8)15-9/h6H,4-5,7H2,1-3H3. The molecule has 0 bridgehead atoms. The van der Waals surface area contributed by atoms with Crippen LogP contribution in [-0.4, -0.2) is 37.7 Å². The first-order valence-electron chi connectivity index (χ1n) is 5.72. The molecule has 0 unspecified atom stereocenters. The molecule has 0 N–H and O–H groups in total. The van der Waals surface area contributed by atoms with Gasteiger partial charge in [-0.1, -0.05) is 25.4 Å². The highest BCUT2D eigenvalue weighted by Crippen LogP contribution is 2.19. The lowest BCUT2D eigenvalue weighted by atomic mass is 10.4. The van der Waals surface area contributed by atoms with Gasteiger partial charge in [0.25, 0.3) is 0 Å². The highest BCUT2D eigenvalue weighted by atomic mass is 35.5. The molecule has 5 nitrogen and oxygen atoms in total. The molecular formula is C11H16ClN5. The van der Waals surface area contributed by atoms with Crippen molar-refractivity contribution in [1.82, 2.24) is 24.6 Å². The Bertz CT molecular complexity index is 518. The normalized spacial score (nSPS) is 11.6. The number of hydrogen-bond donors (Lipinski definition) is 0. The Balaban J connectivity index is 2.38. The van der Waals surface area contributed by atoms with Crippen molar-refractivity contribution < 1.29 is 0 Å². The van der Waals surface area contributed by atoms with E-state index in [4.69, 9.17) is 11.6 Å². The van der Waals surface area contributed by atoms with E-state index < -0.39 is 0 Å². The summed E-state index contributed by atoms with van der Waals surface area (Å²) in [5.74, 6) is 0.745. The number of aromatic nitrogens is 4. The molecule has 2 aromatic heterocycles. The molecule has 0 atom stereocenters. The van der Waals surface area contributed by atoms with E-state index in [1.165, 1.54) is 0 Å². The van der Waals surface area contributed by atoms with Crippen LogP contribution in [0.25, 0.3) is 11.0 Å². The largest absolute Gasteiger partial charge is 0.296 e. The van der Waals surface area contributed by atoms with E-state index in [9.17, 15) is 0 Å². The molecule has 6 heteroatoms. The van der Waals surface area contributed by atoms with E-state index in [1.807, 2.05) is 7.05 Å². The molecular weight excluding hydrogens is 238 g/mol. The number of nitrogens with zero attached hydrogens (tertiary/aromatic N) is 5. The highest BCUT2D eigenvalue weighted by molar-refractivity contribution is 6.33. The zero-order valence-corrected chi connectivity index (χ0v) is 11.1. The fourth-order valence-corrected chi connectivity index (χ4v) is 1.98. The lowest BCUT2D eigenvalue weighted by molar-refractivity contribution is 0.288. The fourth-order valence-electron chi connectivity index (χ4n) is 1.75. The van der Waals surface area contributed by atoms with Crippen LogP contribution in [0, 0.1) is 0 Å². The zero-order valence-electron chi connectivity index (χ0n) is 10.3. The predicted molar refractivity (Wildman–Crippen MR) is 67.9 cm³/mol. The highest BCUT2D eigenvalue weighted by Gasteiger charge is 2.11. The Morgan fingerprint density at radius 1 is 1.29 bits per heavy atom. The van der Waals surface area contributed by atoms with E-state index in [2.05, 4.69) is 33.8 Å². The lowest BCUT2D eigenvalue weighted by Crippen LogP contribution is -2.23. The van der Waals surface area contributed by atoms with Crippen LogP contribution in [0.4, 0.5) is 0 Å². The summed E-state index contributed by atoms with van der Waals surface area (Å²) >= 11 is 6.12. The Hall–Kier alpha value is -1.20. The molecule has 0 aromatic carbocycles. The van der Waals surface area contributed by atoms with Crippen LogP contribution in [0.5, 0.6) is 0 Å². The second kappa shape index (κ2) is 4.98. The molecule has 0 fully saturated rings. The maximum Gasteiger partial charge on any atom is 0.162 e. The van der Waals surface area contributed by atoms with Crippen LogP contribution in [0.15, 0.2) is 6.20 Å². The van der Waals surface area contributed by atoms with Crippen molar-refractivity contribution in [1.29, 1.82) is 0 Å². The van der Waals surface area contributed by atoms with Gasteiger partial charge in [-0.15, -0.1) is 0 Å². The van der Waals surface area contributed by atoms with Crippen LogP contribution >= 0.6 is 11.6 Å². The van der Waals surface area contributed by atoms with Crippen molar-refractivity contribution in [2.75, 3.05) is 13.1 Å². The van der Waals surface area contributed by atoms with E-state index in [0.29, 0.717) is 11.7 Å². The average molecular weight is 254 g/mol. The van der Waals surface area contributed by atoms with Crippen molar-refractivity contribution in [3.05, 3.63) is 17.2 Å². The van der Waals surface area contributed by atoms with Crippen molar-refractivity contribution >= 4 is 22.6 Å². The molecule has 0 aliphatic rings. The molecule has 0 saturated carbocycles. The maximum atomic E-state index is 6.12. The van der Waals surface area contributed by atoms with Crippen molar-refractivity contribution in [2.24, 2.45) is 7.05 Å². The van der Waals surface area contributed by atoms with Crippen molar-refractivity contribution in [3.8, 4) is 0 Å². The number of halogens is 1. The van der Waals surface area contributed by atoms with Gasteiger partial charge in [0.2, 0.25) is 0 Å². The molecule has 0 aliphatic heterocycles. The van der Waals surface area contributed by atoms with Crippen LogP contribution in [0.2, 0.25) is 5.15 Å². The van der Waals surface area contributed by atoms with Gasteiger partial charge in [-0.2, -0.15) is 5.10 Å². The summed E-state index contributed by atoms with van der Waals surface area (Å²) in [7, 11) is 1.85. The molecule has 0 spiro atoms. The van der Waals surface area contributed by atoms with Gasteiger partial charge in [0.1, 0.15) is 11.0 Å². The fraction of sp³-hybridized carbons (Fsp3) is 0.545. The van der Waals surface area contributed by atoms with Gasteiger partial charge < -0.3 is 0 Å². The number of fused-ring (bicyclic) bond motifs is 1. The maximum absolute atomic E-state index is 6.12. The van der Waals surface area contributed by atoms with Crippen LogP contribution in [-0.2, 0) is 13.6 Å².